The molecular formula is C17H24N2O. The molecule has 20 heavy (non-hydrogen) atoms. The number of hydrogen-bond acceptors (Lipinski definition) is 3. The van der Waals surface area contributed by atoms with Crippen LogP contribution in [0.2, 0.25) is 0 Å². The summed E-state index contributed by atoms with van der Waals surface area (Å²) < 4.78 is 5.93. The molecule has 2 aliphatic heterocycles. The van der Waals surface area contributed by atoms with Crippen LogP contribution in [0.1, 0.15) is 36.4 Å². The van der Waals surface area contributed by atoms with E-state index in [2.05, 4.69) is 34.5 Å². The highest BCUT2D eigenvalue weighted by Gasteiger charge is 2.37. The van der Waals surface area contributed by atoms with Gasteiger partial charge in [-0.15, -0.1) is 0 Å². The fraction of sp³-hybridized carbons (Fsp3) is 0.647. The summed E-state index contributed by atoms with van der Waals surface area (Å²) in [4.78, 5) is 2.68. The number of nitrogens with one attached hydrogen (secondary N) is 1. The number of morpholine rings is 1. The van der Waals surface area contributed by atoms with Crippen LogP contribution in [0.3, 0.4) is 0 Å². The monoisotopic (exact) mass is 272 g/mol. The Morgan fingerprint density at radius 1 is 1.25 bits per heavy atom. The maximum Gasteiger partial charge on any atom is 0.0730 e. The summed E-state index contributed by atoms with van der Waals surface area (Å²) in [6.07, 6.45) is 5.58. The average Bonchev–Trinajstić information content (AvgIpc) is 2.97. The lowest BCUT2D eigenvalue weighted by molar-refractivity contribution is -0.0584. The fourth-order valence-corrected chi connectivity index (χ4v) is 4.22. The Labute approximate surface area is 121 Å². The molecule has 108 valence electrons. The van der Waals surface area contributed by atoms with Crippen LogP contribution >= 0.6 is 0 Å². The molecule has 1 aromatic rings. The molecule has 2 heterocycles. The fourth-order valence-electron chi connectivity index (χ4n) is 4.22. The normalized spacial score (nSPS) is 33.7. The molecule has 4 rings (SSSR count). The summed E-state index contributed by atoms with van der Waals surface area (Å²) in [5.41, 5.74) is 3.05. The van der Waals surface area contributed by atoms with E-state index in [4.69, 9.17) is 4.74 Å². The highest BCUT2D eigenvalue weighted by atomic mass is 16.5. The second-order valence-corrected chi connectivity index (χ2v) is 6.36. The second kappa shape index (κ2) is 5.47. The third kappa shape index (κ3) is 2.28. The first kappa shape index (κ1) is 12.8. The van der Waals surface area contributed by atoms with Crippen LogP contribution in [0, 0.1) is 0 Å². The van der Waals surface area contributed by atoms with Gasteiger partial charge in [0, 0.05) is 25.2 Å². The number of rotatable bonds is 2. The molecule has 1 saturated heterocycles. The van der Waals surface area contributed by atoms with Crippen LogP contribution in [-0.4, -0.2) is 43.3 Å². The highest BCUT2D eigenvalue weighted by molar-refractivity contribution is 5.32. The van der Waals surface area contributed by atoms with Crippen molar-refractivity contribution in [2.75, 3.05) is 26.2 Å². The van der Waals surface area contributed by atoms with Crippen molar-refractivity contribution in [1.29, 1.82) is 0 Å². The van der Waals surface area contributed by atoms with E-state index in [0.29, 0.717) is 18.2 Å². The molecule has 0 aromatic heterocycles. The molecule has 0 spiro atoms. The van der Waals surface area contributed by atoms with E-state index in [-0.39, 0.29) is 0 Å². The van der Waals surface area contributed by atoms with E-state index < -0.39 is 0 Å². The van der Waals surface area contributed by atoms with Crippen molar-refractivity contribution >= 4 is 0 Å². The van der Waals surface area contributed by atoms with Gasteiger partial charge in [-0.3, -0.25) is 4.90 Å². The Hall–Kier alpha value is -0.900. The minimum absolute atomic E-state index is 0.499. The summed E-state index contributed by atoms with van der Waals surface area (Å²) in [5, 5.41) is 3.72. The van der Waals surface area contributed by atoms with Crippen LogP contribution < -0.4 is 5.32 Å². The first-order valence-corrected chi connectivity index (χ1v) is 8.08. The maximum atomic E-state index is 5.93. The average molecular weight is 272 g/mol. The topological polar surface area (TPSA) is 24.5 Å². The van der Waals surface area contributed by atoms with Gasteiger partial charge in [0.25, 0.3) is 0 Å². The van der Waals surface area contributed by atoms with Crippen molar-refractivity contribution in [3.63, 3.8) is 0 Å². The zero-order valence-electron chi connectivity index (χ0n) is 12.1. The lowest BCUT2D eigenvalue weighted by atomic mass is 9.93. The van der Waals surface area contributed by atoms with Gasteiger partial charge in [0.05, 0.1) is 12.7 Å². The van der Waals surface area contributed by atoms with Gasteiger partial charge < -0.3 is 10.1 Å². The highest BCUT2D eigenvalue weighted by Crippen LogP contribution is 2.32. The van der Waals surface area contributed by atoms with Gasteiger partial charge in [-0.25, -0.2) is 0 Å². The predicted molar refractivity (Wildman–Crippen MR) is 79.8 cm³/mol. The van der Waals surface area contributed by atoms with E-state index in [1.165, 1.54) is 36.8 Å². The number of nitrogens with zero attached hydrogens (tertiary/aromatic N) is 1. The van der Waals surface area contributed by atoms with Crippen molar-refractivity contribution in [3.8, 4) is 0 Å². The zero-order valence-corrected chi connectivity index (χ0v) is 12.1. The van der Waals surface area contributed by atoms with Crippen LogP contribution in [0.15, 0.2) is 24.3 Å². The number of hydrogen-bond donors (Lipinski definition) is 1. The van der Waals surface area contributed by atoms with Gasteiger partial charge in [0.15, 0.2) is 0 Å². The molecule has 3 nitrogen and oxygen atoms in total. The second-order valence-electron chi connectivity index (χ2n) is 6.36. The van der Waals surface area contributed by atoms with Gasteiger partial charge in [0.2, 0.25) is 0 Å². The first-order chi connectivity index (χ1) is 9.92. The summed E-state index contributed by atoms with van der Waals surface area (Å²) >= 11 is 0. The first-order valence-electron chi connectivity index (χ1n) is 8.08. The van der Waals surface area contributed by atoms with Crippen molar-refractivity contribution < 1.29 is 4.74 Å². The number of benzene rings is 1. The van der Waals surface area contributed by atoms with E-state index in [0.717, 1.165) is 26.2 Å². The molecule has 3 atom stereocenters. The molecular weight excluding hydrogens is 248 g/mol. The molecule has 1 saturated carbocycles. The summed E-state index contributed by atoms with van der Waals surface area (Å²) in [6, 6.07) is 10.1. The smallest absolute Gasteiger partial charge is 0.0730 e. The molecule has 3 heteroatoms. The molecule has 0 bridgehead atoms. The van der Waals surface area contributed by atoms with Crippen molar-refractivity contribution in [1.82, 2.24) is 10.2 Å². The molecule has 0 amide bonds. The SMILES string of the molecule is c1ccc2c(c1)CCNC2CN1CCOC2CCCC21. The van der Waals surface area contributed by atoms with Gasteiger partial charge in [-0.2, -0.15) is 0 Å². The van der Waals surface area contributed by atoms with E-state index >= 15 is 0 Å². The van der Waals surface area contributed by atoms with Crippen LogP contribution in [0.5, 0.6) is 0 Å². The third-order valence-electron chi connectivity index (χ3n) is 5.23. The molecule has 1 N–H and O–H groups in total. The van der Waals surface area contributed by atoms with Crippen LogP contribution in [0.25, 0.3) is 0 Å². The quantitative estimate of drug-likeness (QED) is 0.892. The number of ether oxygens (including phenoxy) is 1. The zero-order chi connectivity index (χ0) is 13.4. The van der Waals surface area contributed by atoms with Gasteiger partial charge in [-0.1, -0.05) is 24.3 Å². The Morgan fingerprint density at radius 3 is 3.20 bits per heavy atom. The predicted octanol–water partition coefficient (Wildman–Crippen LogP) is 2.13. The van der Waals surface area contributed by atoms with Gasteiger partial charge in [-0.05, 0) is 43.4 Å². The van der Waals surface area contributed by atoms with Gasteiger partial charge in [0.1, 0.15) is 0 Å². The third-order valence-corrected chi connectivity index (χ3v) is 5.23. The van der Waals surface area contributed by atoms with Gasteiger partial charge >= 0.3 is 0 Å². The molecule has 3 aliphatic rings. The van der Waals surface area contributed by atoms with Crippen molar-refractivity contribution in [3.05, 3.63) is 35.4 Å². The summed E-state index contributed by atoms with van der Waals surface area (Å²) in [5.74, 6) is 0. The van der Waals surface area contributed by atoms with Crippen LogP contribution in [-0.2, 0) is 11.2 Å². The van der Waals surface area contributed by atoms with E-state index in [1.807, 2.05) is 0 Å². The Morgan fingerprint density at radius 2 is 2.20 bits per heavy atom. The van der Waals surface area contributed by atoms with Crippen molar-refractivity contribution in [2.45, 2.75) is 43.9 Å². The van der Waals surface area contributed by atoms with E-state index in [9.17, 15) is 0 Å². The molecule has 1 aliphatic carbocycles. The van der Waals surface area contributed by atoms with E-state index in [1.54, 1.807) is 0 Å². The Balaban J connectivity index is 1.52. The Bertz CT molecular complexity index is 476. The largest absolute Gasteiger partial charge is 0.375 e. The minimum atomic E-state index is 0.499. The molecule has 2 fully saturated rings. The lowest BCUT2D eigenvalue weighted by Gasteiger charge is -2.40. The minimum Gasteiger partial charge on any atom is -0.375 e. The molecule has 1 aromatic carbocycles. The summed E-state index contributed by atoms with van der Waals surface area (Å²) in [7, 11) is 0. The molecule has 0 radical (unpaired) electrons. The standard InChI is InChI=1S/C17H24N2O/c1-2-5-14-13(4-1)8-9-18-15(14)12-19-10-11-20-17-7-3-6-16(17)19/h1-2,4-5,15-18H,3,6-12H2. The van der Waals surface area contributed by atoms with Crippen molar-refractivity contribution in [2.24, 2.45) is 0 Å². The Kier molecular flexibility index (Phi) is 3.51. The maximum absolute atomic E-state index is 5.93. The molecule has 3 unspecified atom stereocenters. The number of fused-ring (bicyclic) bond motifs is 2. The summed E-state index contributed by atoms with van der Waals surface area (Å²) in [6.45, 7) is 4.26. The van der Waals surface area contributed by atoms with Crippen LogP contribution in [0.4, 0.5) is 0 Å². The lowest BCUT2D eigenvalue weighted by Crippen LogP contribution is -2.51.